The summed E-state index contributed by atoms with van der Waals surface area (Å²) in [6.07, 6.45) is 35.6. The fourth-order valence-corrected chi connectivity index (χ4v) is 5.97. The Kier molecular flexibility index (Phi) is 36.0. The molecule has 0 N–H and O–H groups in total. The first-order valence-corrected chi connectivity index (χ1v) is 20.5. The molecule has 0 aliphatic carbocycles. The van der Waals surface area contributed by atoms with Gasteiger partial charge in [-0.05, 0) is 19.3 Å². The van der Waals surface area contributed by atoms with Crippen LogP contribution in [0.4, 0.5) is 0 Å². The largest absolute Gasteiger partial charge is 0.462 e. The predicted octanol–water partition coefficient (Wildman–Crippen LogP) is 12.5. The molecule has 0 heterocycles. The van der Waals surface area contributed by atoms with Gasteiger partial charge in [-0.25, -0.2) is 0 Å². The highest BCUT2D eigenvalue weighted by atomic mass is 16.6. The second-order valence-electron chi connectivity index (χ2n) is 13.9. The van der Waals surface area contributed by atoms with Crippen molar-refractivity contribution < 1.29 is 28.6 Å². The van der Waals surface area contributed by atoms with Gasteiger partial charge < -0.3 is 14.2 Å². The van der Waals surface area contributed by atoms with E-state index in [1.165, 1.54) is 122 Å². The van der Waals surface area contributed by atoms with Crippen molar-refractivity contribution in [1.82, 2.24) is 0 Å². The second-order valence-corrected chi connectivity index (χ2v) is 13.9. The number of hydrogen-bond donors (Lipinski definition) is 0. The maximum absolute atomic E-state index is 12.4. The number of hydrogen-bond acceptors (Lipinski definition) is 6. The number of unbranched alkanes of at least 4 members (excludes halogenated alkanes) is 26. The Morgan fingerprint density at radius 2 is 0.574 bits per heavy atom. The Morgan fingerprint density at radius 1 is 0.340 bits per heavy atom. The van der Waals surface area contributed by atoms with Crippen LogP contribution in [-0.4, -0.2) is 37.2 Å². The van der Waals surface area contributed by atoms with Crippen LogP contribution < -0.4 is 0 Å². The maximum Gasteiger partial charge on any atom is 0.306 e. The fraction of sp³-hybridized carbons (Fsp3) is 0.927. The lowest BCUT2D eigenvalue weighted by molar-refractivity contribution is -0.167. The van der Waals surface area contributed by atoms with Gasteiger partial charge in [0.15, 0.2) is 6.10 Å². The molecule has 0 radical (unpaired) electrons. The van der Waals surface area contributed by atoms with E-state index in [4.69, 9.17) is 14.2 Å². The van der Waals surface area contributed by atoms with Crippen LogP contribution in [0.3, 0.4) is 0 Å². The molecule has 0 spiro atoms. The summed E-state index contributed by atoms with van der Waals surface area (Å²) in [6.45, 7) is 6.51. The van der Waals surface area contributed by atoms with E-state index in [2.05, 4.69) is 20.8 Å². The lowest BCUT2D eigenvalue weighted by Crippen LogP contribution is -2.30. The van der Waals surface area contributed by atoms with Crippen molar-refractivity contribution in [1.29, 1.82) is 0 Å². The summed E-state index contributed by atoms with van der Waals surface area (Å²) in [5, 5.41) is 0. The molecule has 0 aromatic rings. The van der Waals surface area contributed by atoms with Crippen molar-refractivity contribution in [3.63, 3.8) is 0 Å². The Balaban J connectivity index is 4.07. The lowest BCUT2D eigenvalue weighted by atomic mass is 10.0. The molecule has 47 heavy (non-hydrogen) atoms. The van der Waals surface area contributed by atoms with Gasteiger partial charge in [-0.2, -0.15) is 0 Å². The van der Waals surface area contributed by atoms with Crippen molar-refractivity contribution in [2.45, 2.75) is 232 Å². The standard InChI is InChI=1S/C41H78O6/c1-4-7-10-13-15-16-17-18-19-20-21-22-23-24-26-29-31-34-40(43)46-37-38(47-41(44)35-32-27-12-9-6-3)36-45-39(42)33-30-28-25-14-11-8-5-2/h38H,4-37H2,1-3H3/t38-/m1/s1. The van der Waals surface area contributed by atoms with Gasteiger partial charge in [0.25, 0.3) is 0 Å². The quantitative estimate of drug-likeness (QED) is 0.0373. The Morgan fingerprint density at radius 3 is 0.851 bits per heavy atom. The summed E-state index contributed by atoms with van der Waals surface area (Å²) in [5.41, 5.74) is 0. The molecule has 6 nitrogen and oxygen atoms in total. The monoisotopic (exact) mass is 667 g/mol. The highest BCUT2D eigenvalue weighted by molar-refractivity contribution is 5.71. The number of carbonyl (C=O) groups is 3. The molecule has 0 unspecified atom stereocenters. The zero-order chi connectivity index (χ0) is 34.5. The van der Waals surface area contributed by atoms with E-state index in [1.807, 2.05) is 0 Å². The van der Waals surface area contributed by atoms with Gasteiger partial charge in [0.2, 0.25) is 0 Å². The summed E-state index contributed by atoms with van der Waals surface area (Å²) in [7, 11) is 0. The summed E-state index contributed by atoms with van der Waals surface area (Å²) in [6, 6.07) is 0. The summed E-state index contributed by atoms with van der Waals surface area (Å²) in [4.78, 5) is 37.1. The van der Waals surface area contributed by atoms with Crippen molar-refractivity contribution >= 4 is 17.9 Å². The maximum atomic E-state index is 12.4. The molecule has 0 aromatic carbocycles. The minimum atomic E-state index is -0.754. The minimum Gasteiger partial charge on any atom is -0.462 e. The molecule has 1 atom stereocenters. The lowest BCUT2D eigenvalue weighted by Gasteiger charge is -2.18. The molecule has 278 valence electrons. The Bertz CT molecular complexity index is 693. The molecule has 0 rings (SSSR count). The normalized spacial score (nSPS) is 11.8. The molecule has 0 amide bonds. The number of esters is 3. The van der Waals surface area contributed by atoms with Crippen LogP contribution in [-0.2, 0) is 28.6 Å². The minimum absolute atomic E-state index is 0.0654. The predicted molar refractivity (Wildman–Crippen MR) is 197 cm³/mol. The summed E-state index contributed by atoms with van der Waals surface area (Å²) in [5.74, 6) is -0.881. The molecule has 0 aliphatic heterocycles. The third kappa shape index (κ3) is 35.5. The highest BCUT2D eigenvalue weighted by Gasteiger charge is 2.19. The zero-order valence-corrected chi connectivity index (χ0v) is 31.6. The van der Waals surface area contributed by atoms with E-state index in [1.54, 1.807) is 0 Å². The second kappa shape index (κ2) is 37.2. The molecule has 0 fully saturated rings. The van der Waals surface area contributed by atoms with Gasteiger partial charge in [-0.15, -0.1) is 0 Å². The highest BCUT2D eigenvalue weighted by Crippen LogP contribution is 2.15. The third-order valence-electron chi connectivity index (χ3n) is 9.11. The van der Waals surface area contributed by atoms with Crippen LogP contribution in [0, 0.1) is 0 Å². The van der Waals surface area contributed by atoms with Gasteiger partial charge >= 0.3 is 17.9 Å². The zero-order valence-electron chi connectivity index (χ0n) is 31.6. The first kappa shape index (κ1) is 45.4. The Labute approximate surface area is 291 Å². The number of carbonyl (C=O) groups excluding carboxylic acids is 3. The molecule has 6 heteroatoms. The van der Waals surface area contributed by atoms with Crippen molar-refractivity contribution in [2.75, 3.05) is 13.2 Å². The van der Waals surface area contributed by atoms with Crippen LogP contribution in [0.25, 0.3) is 0 Å². The first-order chi connectivity index (χ1) is 23.0. The van der Waals surface area contributed by atoms with Gasteiger partial charge in [0.1, 0.15) is 13.2 Å². The number of rotatable bonds is 37. The van der Waals surface area contributed by atoms with Gasteiger partial charge in [0, 0.05) is 19.3 Å². The van der Waals surface area contributed by atoms with Crippen LogP contribution in [0.1, 0.15) is 226 Å². The summed E-state index contributed by atoms with van der Waals surface area (Å²) < 4.78 is 16.5. The smallest absolute Gasteiger partial charge is 0.306 e. The molecule has 0 saturated carbocycles. The average Bonchev–Trinajstić information content (AvgIpc) is 3.06. The van der Waals surface area contributed by atoms with Crippen LogP contribution in [0.15, 0.2) is 0 Å². The number of ether oxygens (including phenoxy) is 3. The van der Waals surface area contributed by atoms with Crippen molar-refractivity contribution in [3.8, 4) is 0 Å². The van der Waals surface area contributed by atoms with Crippen molar-refractivity contribution in [3.05, 3.63) is 0 Å². The van der Waals surface area contributed by atoms with E-state index >= 15 is 0 Å². The van der Waals surface area contributed by atoms with Crippen LogP contribution >= 0.6 is 0 Å². The SMILES string of the molecule is CCCCCCCCCCCCCCCCCCCC(=O)OC[C@@H](COC(=O)CCCCCCCCC)OC(=O)CCCCCCC. The average molecular weight is 667 g/mol. The molecule has 0 aliphatic rings. The fourth-order valence-electron chi connectivity index (χ4n) is 5.97. The van der Waals surface area contributed by atoms with Crippen molar-refractivity contribution in [2.24, 2.45) is 0 Å². The first-order valence-electron chi connectivity index (χ1n) is 20.5. The van der Waals surface area contributed by atoms with E-state index in [0.29, 0.717) is 19.3 Å². The molecular formula is C41H78O6. The molecular weight excluding hydrogens is 588 g/mol. The van der Waals surface area contributed by atoms with E-state index in [9.17, 15) is 14.4 Å². The van der Waals surface area contributed by atoms with Crippen LogP contribution in [0.2, 0.25) is 0 Å². The topological polar surface area (TPSA) is 78.9 Å². The Hall–Kier alpha value is -1.59. The molecule has 0 bridgehead atoms. The van der Waals surface area contributed by atoms with E-state index in [0.717, 1.165) is 64.2 Å². The van der Waals surface area contributed by atoms with Gasteiger partial charge in [-0.3, -0.25) is 14.4 Å². The summed E-state index contributed by atoms with van der Waals surface area (Å²) >= 11 is 0. The van der Waals surface area contributed by atoms with E-state index < -0.39 is 6.10 Å². The third-order valence-corrected chi connectivity index (χ3v) is 9.11. The van der Waals surface area contributed by atoms with Crippen LogP contribution in [0.5, 0.6) is 0 Å². The van der Waals surface area contributed by atoms with E-state index in [-0.39, 0.29) is 31.1 Å². The van der Waals surface area contributed by atoms with Gasteiger partial charge in [0.05, 0.1) is 0 Å². The molecule has 0 aromatic heterocycles. The molecule has 0 saturated heterocycles. The van der Waals surface area contributed by atoms with Gasteiger partial charge in [-0.1, -0.05) is 188 Å².